The van der Waals surface area contributed by atoms with Crippen LogP contribution in [0.15, 0.2) is 34.2 Å². The first-order chi connectivity index (χ1) is 12.0. The molecule has 0 aliphatic heterocycles. The molecule has 0 aliphatic rings. The lowest BCUT2D eigenvalue weighted by Gasteiger charge is -2.30. The molecule has 0 spiro atoms. The summed E-state index contributed by atoms with van der Waals surface area (Å²) in [7, 11) is 3.05. The molecule has 1 atom stereocenters. The summed E-state index contributed by atoms with van der Waals surface area (Å²) in [6.45, 7) is 7.56. The van der Waals surface area contributed by atoms with Gasteiger partial charge in [0.15, 0.2) is 5.96 Å². The minimum absolute atomic E-state index is 0. The highest BCUT2D eigenvalue weighted by atomic mass is 127. The molecule has 0 heterocycles. The van der Waals surface area contributed by atoms with Gasteiger partial charge in [-0.3, -0.25) is 4.99 Å². The van der Waals surface area contributed by atoms with Gasteiger partial charge in [0.1, 0.15) is 0 Å². The normalized spacial score (nSPS) is 13.9. The van der Waals surface area contributed by atoms with Gasteiger partial charge in [-0.05, 0) is 23.1 Å². The van der Waals surface area contributed by atoms with Crippen LogP contribution in [-0.4, -0.2) is 59.6 Å². The summed E-state index contributed by atoms with van der Waals surface area (Å²) in [4.78, 5) is 4.49. The van der Waals surface area contributed by atoms with Gasteiger partial charge < -0.3 is 15.4 Å². The van der Waals surface area contributed by atoms with Gasteiger partial charge in [0, 0.05) is 41.3 Å². The number of aliphatic imine (C=N–C) groups is 1. The Morgan fingerprint density at radius 1 is 1.19 bits per heavy atom. The maximum Gasteiger partial charge on any atom is 0.242 e. The van der Waals surface area contributed by atoms with Crippen LogP contribution in [0.3, 0.4) is 0 Å². The number of hydrogen-bond acceptors (Lipinski definition) is 4. The molecule has 27 heavy (non-hydrogen) atoms. The van der Waals surface area contributed by atoms with Crippen molar-refractivity contribution in [2.75, 3.05) is 34.8 Å². The van der Waals surface area contributed by atoms with Crippen molar-refractivity contribution < 1.29 is 13.2 Å². The number of guanidine groups is 1. The molecule has 1 aromatic rings. The summed E-state index contributed by atoms with van der Waals surface area (Å²) in [5, 5.41) is 6.48. The Balaban J connectivity index is 0.00000676. The molecule has 7 nitrogen and oxygen atoms in total. The van der Waals surface area contributed by atoms with Crippen molar-refractivity contribution in [1.82, 2.24) is 14.9 Å². The highest BCUT2D eigenvalue weighted by Gasteiger charge is 2.24. The SMILES string of the molecule is CN=C(NCc1ccc(S(=O)(=O)N(C)C)cc1)NCC(OC)C(C)(C)C.I. The minimum Gasteiger partial charge on any atom is -0.379 e. The van der Waals surface area contributed by atoms with E-state index < -0.39 is 10.0 Å². The van der Waals surface area contributed by atoms with Crippen LogP contribution < -0.4 is 10.6 Å². The number of rotatable bonds is 7. The third-order valence-electron chi connectivity index (χ3n) is 4.09. The fourth-order valence-electron chi connectivity index (χ4n) is 2.33. The maximum absolute atomic E-state index is 12.1. The fourth-order valence-corrected chi connectivity index (χ4v) is 3.23. The number of ether oxygens (including phenoxy) is 1. The molecule has 0 aromatic heterocycles. The lowest BCUT2D eigenvalue weighted by atomic mass is 9.89. The Hall–Kier alpha value is -0.910. The molecule has 0 saturated carbocycles. The van der Waals surface area contributed by atoms with Crippen molar-refractivity contribution in [3.05, 3.63) is 29.8 Å². The first kappa shape index (κ1) is 26.1. The average Bonchev–Trinajstić information content (AvgIpc) is 2.57. The van der Waals surface area contributed by atoms with Crippen molar-refractivity contribution in [3.63, 3.8) is 0 Å². The summed E-state index contributed by atoms with van der Waals surface area (Å²) in [6.07, 6.45) is 0.0524. The Kier molecular flexibility index (Phi) is 10.8. The number of sulfonamides is 1. The van der Waals surface area contributed by atoms with Crippen molar-refractivity contribution >= 4 is 40.0 Å². The lowest BCUT2D eigenvalue weighted by molar-refractivity contribution is 0.0205. The second-order valence-corrected chi connectivity index (χ2v) is 9.48. The molecule has 0 amide bonds. The van der Waals surface area contributed by atoms with Crippen molar-refractivity contribution in [1.29, 1.82) is 0 Å². The van der Waals surface area contributed by atoms with Crippen molar-refractivity contribution in [2.24, 2.45) is 10.4 Å². The number of hydrogen-bond donors (Lipinski definition) is 2. The van der Waals surface area contributed by atoms with Crippen LogP contribution >= 0.6 is 24.0 Å². The van der Waals surface area contributed by atoms with Gasteiger partial charge in [-0.25, -0.2) is 12.7 Å². The van der Waals surface area contributed by atoms with Crippen LogP contribution in [0.1, 0.15) is 26.3 Å². The molecule has 2 N–H and O–H groups in total. The average molecular weight is 512 g/mol. The predicted octanol–water partition coefficient (Wildman–Crippen LogP) is 2.28. The Labute approximate surface area is 181 Å². The third-order valence-corrected chi connectivity index (χ3v) is 5.92. The Bertz CT molecular complexity index is 698. The Morgan fingerprint density at radius 3 is 2.15 bits per heavy atom. The van der Waals surface area contributed by atoms with Crippen LogP contribution in [0.4, 0.5) is 0 Å². The molecule has 1 unspecified atom stereocenters. The van der Waals surface area contributed by atoms with E-state index in [1.54, 1.807) is 38.4 Å². The number of methoxy groups -OCH3 is 1. The third kappa shape index (κ3) is 7.92. The van der Waals surface area contributed by atoms with Crippen molar-refractivity contribution in [3.8, 4) is 0 Å². The summed E-state index contributed by atoms with van der Waals surface area (Å²) in [6, 6.07) is 6.82. The quantitative estimate of drug-likeness (QED) is 0.333. The monoisotopic (exact) mass is 512 g/mol. The number of halogens is 1. The highest BCUT2D eigenvalue weighted by Crippen LogP contribution is 2.20. The molecule has 9 heteroatoms. The van der Waals surface area contributed by atoms with Crippen LogP contribution in [-0.2, 0) is 21.3 Å². The van der Waals surface area contributed by atoms with Gasteiger partial charge in [-0.2, -0.15) is 0 Å². The van der Waals surface area contributed by atoms with Crippen LogP contribution in [0.2, 0.25) is 0 Å². The van der Waals surface area contributed by atoms with E-state index in [9.17, 15) is 8.42 Å². The van der Waals surface area contributed by atoms with E-state index in [-0.39, 0.29) is 40.4 Å². The standard InChI is InChI=1S/C18H32N4O3S.HI/c1-18(2,3)16(25-7)13-21-17(19-4)20-12-14-8-10-15(11-9-14)26(23,24)22(5)6;/h8-11,16H,12-13H2,1-7H3,(H2,19,20,21);1H. The van der Waals surface area contributed by atoms with E-state index in [4.69, 9.17) is 4.74 Å². The maximum atomic E-state index is 12.1. The van der Waals surface area contributed by atoms with Gasteiger partial charge in [0.05, 0.1) is 11.0 Å². The van der Waals surface area contributed by atoms with Crippen LogP contribution in [0, 0.1) is 5.41 Å². The van der Waals surface area contributed by atoms with Gasteiger partial charge in [0.25, 0.3) is 0 Å². The predicted molar refractivity (Wildman–Crippen MR) is 121 cm³/mol. The second kappa shape index (κ2) is 11.2. The molecule has 0 radical (unpaired) electrons. The first-order valence-electron chi connectivity index (χ1n) is 8.51. The smallest absolute Gasteiger partial charge is 0.242 e. The molecule has 1 aromatic carbocycles. The minimum atomic E-state index is -3.40. The molecule has 0 saturated heterocycles. The summed E-state index contributed by atoms with van der Waals surface area (Å²) >= 11 is 0. The number of benzene rings is 1. The van der Waals surface area contributed by atoms with Gasteiger partial charge in [-0.1, -0.05) is 32.9 Å². The Morgan fingerprint density at radius 2 is 1.74 bits per heavy atom. The molecule has 156 valence electrons. The largest absolute Gasteiger partial charge is 0.379 e. The van der Waals surface area contributed by atoms with Crippen LogP contribution in [0.25, 0.3) is 0 Å². The fraction of sp³-hybridized carbons (Fsp3) is 0.611. The zero-order valence-electron chi connectivity index (χ0n) is 17.2. The number of nitrogens with zero attached hydrogens (tertiary/aromatic N) is 2. The van der Waals surface area contributed by atoms with Gasteiger partial charge >= 0.3 is 0 Å². The molecule has 0 bridgehead atoms. The first-order valence-corrected chi connectivity index (χ1v) is 9.95. The summed E-state index contributed by atoms with van der Waals surface area (Å²) in [5.41, 5.74) is 0.985. The van der Waals surface area contributed by atoms with E-state index in [0.717, 1.165) is 5.56 Å². The molecular formula is C18H33IN4O3S. The van der Waals surface area contributed by atoms with Gasteiger partial charge in [0.2, 0.25) is 10.0 Å². The molecular weight excluding hydrogens is 479 g/mol. The van der Waals surface area contributed by atoms with E-state index in [0.29, 0.717) is 19.0 Å². The zero-order chi connectivity index (χ0) is 20.0. The molecule has 0 fully saturated rings. The molecule has 0 aliphatic carbocycles. The van der Waals surface area contributed by atoms with Crippen LogP contribution in [0.5, 0.6) is 0 Å². The van der Waals surface area contributed by atoms with Crippen molar-refractivity contribution in [2.45, 2.75) is 38.3 Å². The van der Waals surface area contributed by atoms with E-state index >= 15 is 0 Å². The van der Waals surface area contributed by atoms with E-state index in [1.807, 2.05) is 0 Å². The van der Waals surface area contributed by atoms with E-state index in [1.165, 1.54) is 18.4 Å². The zero-order valence-corrected chi connectivity index (χ0v) is 20.4. The highest BCUT2D eigenvalue weighted by molar-refractivity contribution is 14.0. The topological polar surface area (TPSA) is 83.0 Å². The van der Waals surface area contributed by atoms with E-state index in [2.05, 4.69) is 36.4 Å². The lowest BCUT2D eigenvalue weighted by Crippen LogP contribution is -2.45. The second-order valence-electron chi connectivity index (χ2n) is 7.33. The van der Waals surface area contributed by atoms with Gasteiger partial charge in [-0.15, -0.1) is 24.0 Å². The summed E-state index contributed by atoms with van der Waals surface area (Å²) in [5.74, 6) is 0.668. The summed E-state index contributed by atoms with van der Waals surface area (Å²) < 4.78 is 30.9. The molecule has 1 rings (SSSR count). The number of nitrogens with one attached hydrogen (secondary N) is 2.